The molecule has 1 aliphatic heterocycles. The van der Waals surface area contributed by atoms with Crippen LogP contribution in [0.1, 0.15) is 12.8 Å². The number of piperidine rings is 1. The van der Waals surface area contributed by atoms with Crippen molar-refractivity contribution in [3.8, 4) is 0 Å². The summed E-state index contributed by atoms with van der Waals surface area (Å²) in [5, 5.41) is 12.1. The summed E-state index contributed by atoms with van der Waals surface area (Å²) < 4.78 is 47.4. The molecule has 0 aliphatic carbocycles. The summed E-state index contributed by atoms with van der Waals surface area (Å²) in [7, 11) is -4.63. The van der Waals surface area contributed by atoms with E-state index in [2.05, 4.69) is 5.32 Å². The van der Waals surface area contributed by atoms with Crippen molar-refractivity contribution in [1.29, 1.82) is 0 Å². The van der Waals surface area contributed by atoms with Crippen LogP contribution in [-0.2, 0) is 14.6 Å². The van der Waals surface area contributed by atoms with E-state index in [-0.39, 0.29) is 12.5 Å². The van der Waals surface area contributed by atoms with E-state index in [4.69, 9.17) is 0 Å². The van der Waals surface area contributed by atoms with Gasteiger partial charge in [-0.2, -0.15) is 8.78 Å². The fourth-order valence-corrected chi connectivity index (χ4v) is 3.13. The number of aliphatic hydroxyl groups is 1. The minimum Gasteiger partial charge on any atom is -0.392 e. The highest BCUT2D eigenvalue weighted by atomic mass is 32.2. The quantitative estimate of drug-likeness (QED) is 0.831. The second kappa shape index (κ2) is 7.33. The van der Waals surface area contributed by atoms with E-state index >= 15 is 0 Å². The first-order valence-corrected chi connectivity index (χ1v) is 8.66. The molecule has 0 radical (unpaired) electrons. The highest BCUT2D eigenvalue weighted by Crippen LogP contribution is 2.20. The number of hydrogen-bond acceptors (Lipinski definition) is 5. The number of β-amino-alcohol motifs (C(OH)–C–C–N with tert-alkyl or cyclic N) is 1. The smallest absolute Gasteiger partial charge is 0.341 e. The zero-order chi connectivity index (χ0) is 17.0. The highest BCUT2D eigenvalue weighted by Gasteiger charge is 2.26. The van der Waals surface area contributed by atoms with Crippen LogP contribution in [0.2, 0.25) is 0 Å². The van der Waals surface area contributed by atoms with Gasteiger partial charge in [-0.25, -0.2) is 8.42 Å². The Balaban J connectivity index is 1.94. The van der Waals surface area contributed by atoms with Crippen LogP contribution in [-0.4, -0.2) is 55.8 Å². The van der Waals surface area contributed by atoms with Gasteiger partial charge in [0.2, 0.25) is 15.7 Å². The van der Waals surface area contributed by atoms with Crippen molar-refractivity contribution in [2.24, 2.45) is 0 Å². The molecule has 9 heteroatoms. The molecule has 1 atom stereocenters. The largest absolute Gasteiger partial charge is 0.392 e. The molecule has 1 aromatic rings. The maximum Gasteiger partial charge on any atom is 0.341 e. The Morgan fingerprint density at radius 2 is 2.00 bits per heavy atom. The Morgan fingerprint density at radius 3 is 2.57 bits per heavy atom. The third-order valence-corrected chi connectivity index (χ3v) is 4.95. The first kappa shape index (κ1) is 17.8. The predicted molar refractivity (Wildman–Crippen MR) is 79.9 cm³/mol. The summed E-state index contributed by atoms with van der Waals surface area (Å²) in [6.45, 7) is 1.25. The molecule has 1 aromatic carbocycles. The van der Waals surface area contributed by atoms with E-state index in [1.165, 1.54) is 12.1 Å². The number of alkyl halides is 2. The molecule has 0 bridgehead atoms. The number of benzene rings is 1. The van der Waals surface area contributed by atoms with Crippen LogP contribution in [0, 0.1) is 0 Å². The van der Waals surface area contributed by atoms with Crippen molar-refractivity contribution >= 4 is 21.4 Å². The van der Waals surface area contributed by atoms with Crippen LogP contribution in [0.15, 0.2) is 29.2 Å². The minimum atomic E-state index is -4.63. The lowest BCUT2D eigenvalue weighted by Crippen LogP contribution is -2.42. The lowest BCUT2D eigenvalue weighted by Gasteiger charge is -2.29. The SMILES string of the molecule is O=C(CN1CCCC(O)C1)Nc1ccc(S(=O)(=O)C(F)F)cc1. The molecule has 128 valence electrons. The topological polar surface area (TPSA) is 86.7 Å². The standard InChI is InChI=1S/C14H18F2N2O4S/c15-14(16)23(21,22)12-5-3-10(4-6-12)17-13(20)9-18-7-1-2-11(19)8-18/h3-6,11,14,19H,1-2,7-9H2,(H,17,20). The lowest BCUT2D eigenvalue weighted by atomic mass is 10.1. The van der Waals surface area contributed by atoms with Gasteiger partial charge in [0.1, 0.15) is 0 Å². The number of nitrogens with zero attached hydrogens (tertiary/aromatic N) is 1. The minimum absolute atomic E-state index is 0.105. The molecule has 0 saturated carbocycles. The normalized spacial score (nSPS) is 19.7. The van der Waals surface area contributed by atoms with E-state index in [9.17, 15) is 27.1 Å². The molecule has 1 fully saturated rings. The fraction of sp³-hybridized carbons (Fsp3) is 0.500. The molecule has 23 heavy (non-hydrogen) atoms. The molecule has 1 unspecified atom stereocenters. The van der Waals surface area contributed by atoms with Gasteiger partial charge in [0.15, 0.2) is 0 Å². The summed E-state index contributed by atoms with van der Waals surface area (Å²) in [5.41, 5.74) is 0.320. The molecule has 1 amide bonds. The van der Waals surface area contributed by atoms with Crippen molar-refractivity contribution in [2.45, 2.75) is 29.6 Å². The van der Waals surface area contributed by atoms with Crippen molar-refractivity contribution in [3.05, 3.63) is 24.3 Å². The van der Waals surface area contributed by atoms with Gasteiger partial charge in [-0.3, -0.25) is 9.69 Å². The summed E-state index contributed by atoms with van der Waals surface area (Å²) >= 11 is 0. The van der Waals surface area contributed by atoms with E-state index in [0.717, 1.165) is 31.5 Å². The van der Waals surface area contributed by atoms with Crippen LogP contribution < -0.4 is 5.32 Å². The van der Waals surface area contributed by atoms with Gasteiger partial charge in [-0.1, -0.05) is 0 Å². The molecule has 0 spiro atoms. The van der Waals surface area contributed by atoms with Crippen molar-refractivity contribution < 1.29 is 27.1 Å². The molecule has 6 nitrogen and oxygen atoms in total. The Labute approximate surface area is 133 Å². The number of rotatable bonds is 5. The van der Waals surface area contributed by atoms with E-state index in [1.807, 2.05) is 4.90 Å². The summed E-state index contributed by atoms with van der Waals surface area (Å²) in [5.74, 6) is -3.79. The van der Waals surface area contributed by atoms with E-state index in [1.54, 1.807) is 0 Å². The number of sulfone groups is 1. The second-order valence-corrected chi connectivity index (χ2v) is 7.33. The number of nitrogens with one attached hydrogen (secondary N) is 1. The number of aliphatic hydroxyl groups excluding tert-OH is 1. The first-order chi connectivity index (χ1) is 10.8. The molecule has 2 N–H and O–H groups in total. The van der Waals surface area contributed by atoms with Crippen molar-refractivity contribution in [1.82, 2.24) is 4.90 Å². The Kier molecular flexibility index (Phi) is 5.66. The second-order valence-electron chi connectivity index (χ2n) is 5.41. The average Bonchev–Trinajstić information content (AvgIpc) is 2.47. The van der Waals surface area contributed by atoms with Gasteiger partial charge in [0, 0.05) is 12.2 Å². The third kappa shape index (κ3) is 4.69. The number of carbonyl (C=O) groups excluding carboxylic acids is 1. The number of hydrogen-bond donors (Lipinski definition) is 2. The number of halogens is 2. The van der Waals surface area contributed by atoms with E-state index < -0.39 is 26.6 Å². The predicted octanol–water partition coefficient (Wildman–Crippen LogP) is 1.08. The molecule has 1 saturated heterocycles. The van der Waals surface area contributed by atoms with Crippen molar-refractivity contribution in [3.63, 3.8) is 0 Å². The molecule has 0 aromatic heterocycles. The van der Waals surface area contributed by atoms with Gasteiger partial charge < -0.3 is 10.4 Å². The molecule has 1 heterocycles. The zero-order valence-electron chi connectivity index (χ0n) is 12.3. The maximum atomic E-state index is 12.4. The highest BCUT2D eigenvalue weighted by molar-refractivity contribution is 7.91. The summed E-state index contributed by atoms with van der Waals surface area (Å²) in [6, 6.07) is 4.58. The molecular weight excluding hydrogens is 330 g/mol. The Bertz CT molecular complexity index is 649. The van der Waals surface area contributed by atoms with Gasteiger partial charge >= 0.3 is 5.76 Å². The van der Waals surface area contributed by atoms with Crippen LogP contribution in [0.25, 0.3) is 0 Å². The number of anilines is 1. The monoisotopic (exact) mass is 348 g/mol. The average molecular weight is 348 g/mol. The van der Waals surface area contributed by atoms with Crippen LogP contribution in [0.4, 0.5) is 14.5 Å². The van der Waals surface area contributed by atoms with Crippen LogP contribution in [0.5, 0.6) is 0 Å². The van der Waals surface area contributed by atoms with Crippen molar-refractivity contribution in [2.75, 3.05) is 25.0 Å². The van der Waals surface area contributed by atoms with Gasteiger partial charge in [-0.15, -0.1) is 0 Å². The van der Waals surface area contributed by atoms with Gasteiger partial charge in [0.05, 0.1) is 17.5 Å². The Morgan fingerprint density at radius 1 is 1.35 bits per heavy atom. The fourth-order valence-electron chi connectivity index (χ4n) is 2.41. The van der Waals surface area contributed by atoms with Crippen LogP contribution >= 0.6 is 0 Å². The first-order valence-electron chi connectivity index (χ1n) is 7.11. The number of amides is 1. The van der Waals surface area contributed by atoms with Gasteiger partial charge in [0.25, 0.3) is 0 Å². The van der Waals surface area contributed by atoms with Gasteiger partial charge in [-0.05, 0) is 43.7 Å². The summed E-state index contributed by atoms with van der Waals surface area (Å²) in [6.07, 6.45) is 1.10. The molecule has 1 aliphatic rings. The summed E-state index contributed by atoms with van der Waals surface area (Å²) in [4.78, 5) is 13.2. The number of carbonyl (C=O) groups is 1. The lowest BCUT2D eigenvalue weighted by molar-refractivity contribution is -0.118. The number of likely N-dealkylation sites (tertiary alicyclic amines) is 1. The van der Waals surface area contributed by atoms with E-state index in [0.29, 0.717) is 12.2 Å². The Hall–Kier alpha value is -1.58. The third-order valence-electron chi connectivity index (χ3n) is 3.55. The zero-order valence-corrected chi connectivity index (χ0v) is 13.1. The molecule has 2 rings (SSSR count). The molecular formula is C14H18F2N2O4S. The van der Waals surface area contributed by atoms with Crippen LogP contribution in [0.3, 0.4) is 0 Å². The maximum absolute atomic E-state index is 12.4.